The van der Waals surface area contributed by atoms with Crippen molar-refractivity contribution in [2.45, 2.75) is 0 Å². The lowest BCUT2D eigenvalue weighted by Gasteiger charge is -2.25. The molecule has 0 aliphatic heterocycles. The fourth-order valence-electron chi connectivity index (χ4n) is 2.25. The van der Waals surface area contributed by atoms with Crippen molar-refractivity contribution in [2.75, 3.05) is 0 Å². The van der Waals surface area contributed by atoms with Gasteiger partial charge in [0, 0.05) is 16.7 Å². The minimum atomic E-state index is 0.461. The summed E-state index contributed by atoms with van der Waals surface area (Å²) in [7, 11) is 0. The van der Waals surface area contributed by atoms with Gasteiger partial charge in [-0.15, -0.1) is 0 Å². The molecular formula is C14H8O2. The first-order valence-corrected chi connectivity index (χ1v) is 5.04. The Morgan fingerprint density at radius 3 is 2.19 bits per heavy atom. The van der Waals surface area contributed by atoms with Gasteiger partial charge < -0.3 is 0 Å². The number of hydrogen-bond acceptors (Lipinski definition) is 2. The predicted octanol–water partition coefficient (Wildman–Crippen LogP) is 2.96. The van der Waals surface area contributed by atoms with Crippen LogP contribution in [-0.2, 0) is 0 Å². The van der Waals surface area contributed by atoms with Crippen molar-refractivity contribution in [2.24, 2.45) is 0 Å². The molecule has 0 unspecified atom stereocenters. The highest BCUT2D eigenvalue weighted by Crippen LogP contribution is 2.48. The van der Waals surface area contributed by atoms with Gasteiger partial charge in [0.2, 0.25) is 0 Å². The predicted molar refractivity (Wildman–Crippen MR) is 61.6 cm³/mol. The molecule has 1 aliphatic rings. The van der Waals surface area contributed by atoms with E-state index in [1.165, 1.54) is 0 Å². The van der Waals surface area contributed by atoms with Gasteiger partial charge in [-0.3, -0.25) is 9.59 Å². The normalized spacial score (nSPS) is 11.0. The number of aldehydes is 2. The van der Waals surface area contributed by atoms with Gasteiger partial charge in [0.05, 0.1) is 0 Å². The third-order valence-corrected chi connectivity index (χ3v) is 3.01. The molecule has 16 heavy (non-hydrogen) atoms. The van der Waals surface area contributed by atoms with Crippen molar-refractivity contribution in [1.29, 1.82) is 0 Å². The lowest BCUT2D eigenvalue weighted by atomic mass is 9.77. The lowest BCUT2D eigenvalue weighted by molar-refractivity contribution is 0.109. The van der Waals surface area contributed by atoms with Crippen LogP contribution >= 0.6 is 0 Å². The van der Waals surface area contributed by atoms with E-state index >= 15 is 0 Å². The summed E-state index contributed by atoms with van der Waals surface area (Å²) in [5, 5.41) is 0. The molecule has 0 atom stereocenters. The zero-order valence-electron chi connectivity index (χ0n) is 8.44. The highest BCUT2D eigenvalue weighted by molar-refractivity contribution is 6.11. The van der Waals surface area contributed by atoms with E-state index in [1.807, 2.05) is 30.3 Å². The fourth-order valence-corrected chi connectivity index (χ4v) is 2.25. The van der Waals surface area contributed by atoms with Crippen LogP contribution in [0.4, 0.5) is 0 Å². The first kappa shape index (κ1) is 9.04. The minimum Gasteiger partial charge on any atom is -0.298 e. The average Bonchev–Trinajstić information content (AvgIpc) is 2.34. The third-order valence-electron chi connectivity index (χ3n) is 3.01. The van der Waals surface area contributed by atoms with Crippen molar-refractivity contribution in [3.8, 4) is 22.3 Å². The van der Waals surface area contributed by atoms with Crippen LogP contribution in [0.1, 0.15) is 20.7 Å². The summed E-state index contributed by atoms with van der Waals surface area (Å²) in [5.41, 5.74) is 5.15. The van der Waals surface area contributed by atoms with Crippen molar-refractivity contribution >= 4 is 12.6 Å². The maximum atomic E-state index is 11.0. The molecule has 0 bridgehead atoms. The second kappa shape index (κ2) is 3.14. The average molecular weight is 208 g/mol. The van der Waals surface area contributed by atoms with Crippen molar-refractivity contribution in [3.05, 3.63) is 47.5 Å². The molecule has 0 saturated heterocycles. The van der Waals surface area contributed by atoms with Gasteiger partial charge in [-0.2, -0.15) is 0 Å². The summed E-state index contributed by atoms with van der Waals surface area (Å²) >= 11 is 0. The second-order valence-electron chi connectivity index (χ2n) is 3.77. The Bertz CT molecular complexity index is 612. The Morgan fingerprint density at radius 1 is 0.750 bits per heavy atom. The summed E-state index contributed by atoms with van der Waals surface area (Å²) in [6.07, 6.45) is 1.49. The van der Waals surface area contributed by atoms with Crippen molar-refractivity contribution in [3.63, 3.8) is 0 Å². The molecule has 76 valence electrons. The molecule has 0 spiro atoms. The third kappa shape index (κ3) is 0.959. The van der Waals surface area contributed by atoms with E-state index in [-0.39, 0.29) is 0 Å². The Morgan fingerprint density at radius 2 is 1.50 bits per heavy atom. The maximum Gasteiger partial charge on any atom is 0.151 e. The lowest BCUT2D eigenvalue weighted by Crippen LogP contribution is -2.05. The molecule has 2 nitrogen and oxygen atoms in total. The maximum absolute atomic E-state index is 11.0. The fraction of sp³-hybridized carbons (Fsp3) is 0. The first-order valence-electron chi connectivity index (χ1n) is 5.04. The summed E-state index contributed by atoms with van der Waals surface area (Å²) < 4.78 is 0. The molecule has 0 radical (unpaired) electrons. The molecule has 0 aromatic heterocycles. The van der Waals surface area contributed by atoms with Crippen LogP contribution in [-0.4, -0.2) is 12.6 Å². The Kier molecular flexibility index (Phi) is 1.77. The smallest absolute Gasteiger partial charge is 0.151 e. The van der Waals surface area contributed by atoms with Crippen molar-refractivity contribution in [1.82, 2.24) is 0 Å². The summed E-state index contributed by atoms with van der Waals surface area (Å²) in [4.78, 5) is 21.9. The SMILES string of the molecule is O=Cc1ccc2c(c1C=O)-c1ccccc1-2. The topological polar surface area (TPSA) is 34.1 Å². The standard InChI is InChI=1S/C14H8O2/c15-7-9-5-6-12-10-3-1-2-4-11(10)14(12)13(9)8-16/h1-8H. The van der Waals surface area contributed by atoms with Gasteiger partial charge in [-0.05, 0) is 16.7 Å². The van der Waals surface area contributed by atoms with Crippen LogP contribution in [0.2, 0.25) is 0 Å². The summed E-state index contributed by atoms with van der Waals surface area (Å²) in [6.45, 7) is 0. The molecule has 2 aromatic carbocycles. The van der Waals surface area contributed by atoms with E-state index in [4.69, 9.17) is 0 Å². The Hall–Kier alpha value is -2.22. The molecule has 0 saturated carbocycles. The highest BCUT2D eigenvalue weighted by atomic mass is 16.1. The summed E-state index contributed by atoms with van der Waals surface area (Å²) in [5.74, 6) is 0. The molecule has 2 heteroatoms. The largest absolute Gasteiger partial charge is 0.298 e. The molecule has 3 rings (SSSR count). The monoisotopic (exact) mass is 208 g/mol. The van der Waals surface area contributed by atoms with Gasteiger partial charge in [-0.1, -0.05) is 36.4 Å². The van der Waals surface area contributed by atoms with E-state index in [9.17, 15) is 9.59 Å². The van der Waals surface area contributed by atoms with Crippen LogP contribution in [0.3, 0.4) is 0 Å². The molecule has 2 aromatic rings. The number of rotatable bonds is 2. The Balaban J connectivity index is 2.33. The van der Waals surface area contributed by atoms with Crippen molar-refractivity contribution < 1.29 is 9.59 Å². The molecule has 0 N–H and O–H groups in total. The van der Waals surface area contributed by atoms with Crippen LogP contribution in [0.25, 0.3) is 22.3 Å². The number of hydrogen-bond donors (Lipinski definition) is 0. The number of fused-ring (bicyclic) bond motifs is 4. The Labute approximate surface area is 92.5 Å². The van der Waals surface area contributed by atoms with Crippen LogP contribution < -0.4 is 0 Å². The number of benzene rings is 2. The van der Waals surface area contributed by atoms with E-state index in [0.717, 1.165) is 34.8 Å². The number of carbonyl (C=O) groups is 2. The first-order chi connectivity index (χ1) is 7.86. The number of carbonyl (C=O) groups excluding carboxylic acids is 2. The van der Waals surface area contributed by atoms with Crippen LogP contribution in [0, 0.1) is 0 Å². The van der Waals surface area contributed by atoms with Gasteiger partial charge >= 0.3 is 0 Å². The van der Waals surface area contributed by atoms with Gasteiger partial charge in [-0.25, -0.2) is 0 Å². The molecule has 0 heterocycles. The van der Waals surface area contributed by atoms with Crippen LogP contribution in [0.15, 0.2) is 36.4 Å². The van der Waals surface area contributed by atoms with E-state index in [1.54, 1.807) is 6.07 Å². The van der Waals surface area contributed by atoms with E-state index in [0.29, 0.717) is 11.1 Å². The molecule has 0 amide bonds. The zero-order valence-corrected chi connectivity index (χ0v) is 8.44. The van der Waals surface area contributed by atoms with Gasteiger partial charge in [0.1, 0.15) is 0 Å². The molecule has 0 fully saturated rings. The van der Waals surface area contributed by atoms with Gasteiger partial charge in [0.15, 0.2) is 12.6 Å². The quantitative estimate of drug-likeness (QED) is 0.607. The second-order valence-corrected chi connectivity index (χ2v) is 3.77. The minimum absolute atomic E-state index is 0.461. The zero-order chi connectivity index (χ0) is 11.1. The van der Waals surface area contributed by atoms with E-state index in [2.05, 4.69) is 0 Å². The van der Waals surface area contributed by atoms with Gasteiger partial charge in [0.25, 0.3) is 0 Å². The molecule has 1 aliphatic carbocycles. The van der Waals surface area contributed by atoms with Crippen LogP contribution in [0.5, 0.6) is 0 Å². The van der Waals surface area contributed by atoms with E-state index < -0.39 is 0 Å². The molecular weight excluding hydrogens is 200 g/mol. The highest BCUT2D eigenvalue weighted by Gasteiger charge is 2.25. The summed E-state index contributed by atoms with van der Waals surface area (Å²) in [6, 6.07) is 11.5.